The Balaban J connectivity index is 2.02. The van der Waals surface area contributed by atoms with Crippen molar-refractivity contribution in [1.29, 1.82) is 0 Å². The van der Waals surface area contributed by atoms with Gasteiger partial charge in [0.2, 0.25) is 5.91 Å². The summed E-state index contributed by atoms with van der Waals surface area (Å²) >= 11 is 3.27. The highest BCUT2D eigenvalue weighted by Crippen LogP contribution is 2.15. The Kier molecular flexibility index (Phi) is 4.92. The topological polar surface area (TPSA) is 86.8 Å². The molecule has 1 aromatic carbocycles. The Morgan fingerprint density at radius 1 is 1.09 bits per heavy atom. The summed E-state index contributed by atoms with van der Waals surface area (Å²) in [5, 5.41) is 2.56. The van der Waals surface area contributed by atoms with E-state index < -0.39 is 30.3 Å². The summed E-state index contributed by atoms with van der Waals surface area (Å²) in [4.78, 5) is 48.8. The Bertz CT molecular complexity index is 629. The van der Waals surface area contributed by atoms with E-state index in [0.717, 1.165) is 9.37 Å². The second-order valence-corrected chi connectivity index (χ2v) is 5.60. The van der Waals surface area contributed by atoms with E-state index in [-0.39, 0.29) is 6.54 Å². The van der Waals surface area contributed by atoms with Crippen molar-refractivity contribution in [3.05, 3.63) is 28.7 Å². The average molecular weight is 368 g/mol. The molecule has 0 bridgehead atoms. The van der Waals surface area contributed by atoms with Gasteiger partial charge < -0.3 is 5.32 Å². The van der Waals surface area contributed by atoms with E-state index in [9.17, 15) is 19.2 Å². The minimum atomic E-state index is -0.968. The lowest BCUT2D eigenvalue weighted by Gasteiger charge is -2.14. The first-order valence-corrected chi connectivity index (χ1v) is 7.46. The molecule has 116 valence electrons. The third kappa shape index (κ3) is 3.33. The predicted octanol–water partition coefficient (Wildman–Crippen LogP) is 1.59. The minimum Gasteiger partial charge on any atom is -0.325 e. The first-order chi connectivity index (χ1) is 10.4. The fourth-order valence-electron chi connectivity index (χ4n) is 1.99. The number of anilines is 1. The highest BCUT2D eigenvalue weighted by Gasteiger charge is 2.44. The number of benzene rings is 1. The smallest absolute Gasteiger partial charge is 0.325 e. The van der Waals surface area contributed by atoms with Crippen LogP contribution >= 0.6 is 15.9 Å². The molecule has 22 heavy (non-hydrogen) atoms. The number of carbonyl (C=O) groups excluding carboxylic acids is 4. The number of nitrogens with zero attached hydrogens (tertiary/aromatic N) is 2. The van der Waals surface area contributed by atoms with E-state index in [1.54, 1.807) is 31.2 Å². The molecular formula is C14H14BrN3O4. The maximum absolute atomic E-state index is 12.0. The molecule has 0 atom stereocenters. The molecule has 1 saturated heterocycles. The van der Waals surface area contributed by atoms with Crippen molar-refractivity contribution < 1.29 is 19.2 Å². The van der Waals surface area contributed by atoms with Gasteiger partial charge in [-0.05, 0) is 30.7 Å². The first kappa shape index (κ1) is 16.2. The van der Waals surface area contributed by atoms with Gasteiger partial charge in [0, 0.05) is 16.7 Å². The van der Waals surface area contributed by atoms with Crippen molar-refractivity contribution in [2.45, 2.75) is 13.3 Å². The number of carbonyl (C=O) groups is 4. The van der Waals surface area contributed by atoms with Gasteiger partial charge in [0.05, 0.1) is 0 Å². The SMILES string of the molecule is CCCN1C(=O)C(=O)N(CC(=O)Nc2ccc(Br)cc2)C1=O. The normalized spacial score (nSPS) is 14.7. The summed E-state index contributed by atoms with van der Waals surface area (Å²) in [5.74, 6) is -2.40. The third-order valence-electron chi connectivity index (χ3n) is 3.01. The number of rotatable bonds is 5. The monoisotopic (exact) mass is 367 g/mol. The number of imide groups is 2. The van der Waals surface area contributed by atoms with Gasteiger partial charge in [0.25, 0.3) is 0 Å². The van der Waals surface area contributed by atoms with Crippen molar-refractivity contribution in [2.75, 3.05) is 18.4 Å². The molecule has 0 saturated carbocycles. The Morgan fingerprint density at radius 3 is 2.27 bits per heavy atom. The molecule has 5 amide bonds. The van der Waals surface area contributed by atoms with E-state index in [1.807, 2.05) is 0 Å². The Labute approximate surface area is 135 Å². The molecule has 0 unspecified atom stereocenters. The van der Waals surface area contributed by atoms with Gasteiger partial charge in [0.15, 0.2) is 0 Å². The van der Waals surface area contributed by atoms with Crippen molar-refractivity contribution in [2.24, 2.45) is 0 Å². The number of hydrogen-bond donors (Lipinski definition) is 1. The second kappa shape index (κ2) is 6.69. The first-order valence-electron chi connectivity index (χ1n) is 6.66. The summed E-state index contributed by atoms with van der Waals surface area (Å²) in [6.07, 6.45) is 0.545. The van der Waals surface area contributed by atoms with E-state index in [2.05, 4.69) is 21.2 Å². The van der Waals surface area contributed by atoms with Crippen LogP contribution < -0.4 is 5.32 Å². The maximum atomic E-state index is 12.0. The summed E-state index contributed by atoms with van der Waals surface area (Å²) in [7, 11) is 0. The molecule has 0 aliphatic carbocycles. The van der Waals surface area contributed by atoms with Crippen LogP contribution in [0, 0.1) is 0 Å². The Morgan fingerprint density at radius 2 is 1.68 bits per heavy atom. The van der Waals surface area contributed by atoms with Crippen LogP contribution in [0.3, 0.4) is 0 Å². The zero-order valence-corrected chi connectivity index (χ0v) is 13.4. The van der Waals surface area contributed by atoms with Crippen LogP contribution in [0.2, 0.25) is 0 Å². The van der Waals surface area contributed by atoms with Gasteiger partial charge in [-0.2, -0.15) is 0 Å². The molecule has 0 aromatic heterocycles. The van der Waals surface area contributed by atoms with Gasteiger partial charge in [-0.3, -0.25) is 19.3 Å². The number of hydrogen-bond acceptors (Lipinski definition) is 4. The number of halogens is 1. The lowest BCUT2D eigenvalue weighted by Crippen LogP contribution is -2.39. The summed E-state index contributed by atoms with van der Waals surface area (Å²) in [6, 6.07) is 6.08. The lowest BCUT2D eigenvalue weighted by atomic mass is 10.3. The average Bonchev–Trinajstić information content (AvgIpc) is 2.68. The van der Waals surface area contributed by atoms with E-state index >= 15 is 0 Å². The third-order valence-corrected chi connectivity index (χ3v) is 3.54. The summed E-state index contributed by atoms with van der Waals surface area (Å²) < 4.78 is 0.858. The molecule has 1 heterocycles. The van der Waals surface area contributed by atoms with Gasteiger partial charge in [0.1, 0.15) is 6.54 Å². The van der Waals surface area contributed by atoms with Crippen LogP contribution in [0.1, 0.15) is 13.3 Å². The van der Waals surface area contributed by atoms with Gasteiger partial charge in [-0.25, -0.2) is 9.69 Å². The fraction of sp³-hybridized carbons (Fsp3) is 0.286. The van der Waals surface area contributed by atoms with Crippen molar-refractivity contribution in [1.82, 2.24) is 9.80 Å². The van der Waals surface area contributed by atoms with Gasteiger partial charge in [-0.1, -0.05) is 22.9 Å². The molecular weight excluding hydrogens is 354 g/mol. The maximum Gasteiger partial charge on any atom is 0.334 e. The van der Waals surface area contributed by atoms with E-state index in [0.29, 0.717) is 17.0 Å². The fourth-order valence-corrected chi connectivity index (χ4v) is 2.25. The Hall–Kier alpha value is -2.22. The van der Waals surface area contributed by atoms with Crippen LogP contribution in [0.15, 0.2) is 28.7 Å². The molecule has 1 aromatic rings. The molecule has 1 fully saturated rings. The highest BCUT2D eigenvalue weighted by molar-refractivity contribution is 9.10. The molecule has 7 nitrogen and oxygen atoms in total. The van der Waals surface area contributed by atoms with Crippen LogP contribution in [0.25, 0.3) is 0 Å². The molecule has 0 radical (unpaired) electrons. The van der Waals surface area contributed by atoms with Crippen LogP contribution in [0.4, 0.5) is 10.5 Å². The highest BCUT2D eigenvalue weighted by atomic mass is 79.9. The van der Waals surface area contributed by atoms with Crippen molar-refractivity contribution in [3.63, 3.8) is 0 Å². The van der Waals surface area contributed by atoms with Crippen molar-refractivity contribution in [3.8, 4) is 0 Å². The zero-order chi connectivity index (χ0) is 16.3. The molecule has 1 aliphatic heterocycles. The lowest BCUT2D eigenvalue weighted by molar-refractivity contribution is -0.143. The standard InChI is InChI=1S/C14H14BrN3O4/c1-2-7-17-12(20)13(21)18(14(17)22)8-11(19)16-10-5-3-9(15)4-6-10/h3-6H,2,7-8H2,1H3,(H,16,19). The quantitative estimate of drug-likeness (QED) is 0.632. The van der Waals surface area contributed by atoms with E-state index in [1.165, 1.54) is 0 Å². The van der Waals surface area contributed by atoms with Crippen LogP contribution in [-0.2, 0) is 14.4 Å². The molecule has 1 aliphatic rings. The number of urea groups is 1. The summed E-state index contributed by atoms with van der Waals surface area (Å²) in [6.45, 7) is 1.46. The summed E-state index contributed by atoms with van der Waals surface area (Å²) in [5.41, 5.74) is 0.532. The molecule has 8 heteroatoms. The van der Waals surface area contributed by atoms with Crippen LogP contribution in [-0.4, -0.2) is 46.6 Å². The minimum absolute atomic E-state index is 0.161. The van der Waals surface area contributed by atoms with E-state index in [4.69, 9.17) is 0 Å². The van der Waals surface area contributed by atoms with Crippen LogP contribution in [0.5, 0.6) is 0 Å². The molecule has 0 spiro atoms. The molecule has 1 N–H and O–H groups in total. The second-order valence-electron chi connectivity index (χ2n) is 4.69. The van der Waals surface area contributed by atoms with Gasteiger partial charge in [-0.15, -0.1) is 0 Å². The van der Waals surface area contributed by atoms with Gasteiger partial charge >= 0.3 is 17.8 Å². The predicted molar refractivity (Wildman–Crippen MR) is 81.9 cm³/mol. The largest absolute Gasteiger partial charge is 0.334 e. The zero-order valence-electron chi connectivity index (χ0n) is 11.8. The number of amides is 5. The molecule has 2 rings (SSSR count). The number of nitrogens with one attached hydrogen (secondary N) is 1. The van der Waals surface area contributed by atoms with Crippen molar-refractivity contribution >= 4 is 45.4 Å².